The standard InChI is InChI=1S/C12H14N4O/c13-8-10-7-9(12(14)17)1-2-11(10)16-5-3-15-4-6-16/h1-2,7,15H,3-6H2,(H2,14,17). The Morgan fingerprint density at radius 2 is 2.12 bits per heavy atom. The van der Waals surface area contributed by atoms with E-state index in [-0.39, 0.29) is 0 Å². The third kappa shape index (κ3) is 2.37. The van der Waals surface area contributed by atoms with Crippen LogP contribution in [0.25, 0.3) is 0 Å². The highest BCUT2D eigenvalue weighted by atomic mass is 16.1. The van der Waals surface area contributed by atoms with Crippen molar-refractivity contribution in [2.75, 3.05) is 31.1 Å². The molecule has 2 rings (SSSR count). The van der Waals surface area contributed by atoms with Crippen LogP contribution in [0.5, 0.6) is 0 Å². The van der Waals surface area contributed by atoms with Crippen molar-refractivity contribution >= 4 is 11.6 Å². The first-order chi connectivity index (χ1) is 8.22. The summed E-state index contributed by atoms with van der Waals surface area (Å²) in [4.78, 5) is 13.2. The van der Waals surface area contributed by atoms with Crippen molar-refractivity contribution in [3.63, 3.8) is 0 Å². The number of benzene rings is 1. The Morgan fingerprint density at radius 1 is 1.41 bits per heavy atom. The first-order valence-corrected chi connectivity index (χ1v) is 5.52. The van der Waals surface area contributed by atoms with Gasteiger partial charge in [-0.25, -0.2) is 0 Å². The van der Waals surface area contributed by atoms with E-state index in [1.54, 1.807) is 18.2 Å². The zero-order valence-corrected chi connectivity index (χ0v) is 9.44. The number of rotatable bonds is 2. The summed E-state index contributed by atoms with van der Waals surface area (Å²) in [6.07, 6.45) is 0. The van der Waals surface area contributed by atoms with Crippen LogP contribution < -0.4 is 16.0 Å². The molecule has 1 aromatic rings. The van der Waals surface area contributed by atoms with Crippen LogP contribution in [0.1, 0.15) is 15.9 Å². The highest BCUT2D eigenvalue weighted by Crippen LogP contribution is 2.21. The van der Waals surface area contributed by atoms with Crippen molar-refractivity contribution in [3.8, 4) is 6.07 Å². The number of nitrogens with one attached hydrogen (secondary N) is 1. The fourth-order valence-electron chi connectivity index (χ4n) is 1.96. The topological polar surface area (TPSA) is 82.1 Å². The molecule has 0 spiro atoms. The first-order valence-electron chi connectivity index (χ1n) is 5.52. The molecule has 5 heteroatoms. The van der Waals surface area contributed by atoms with E-state index in [0.717, 1.165) is 31.9 Å². The van der Waals surface area contributed by atoms with Gasteiger partial charge < -0.3 is 16.0 Å². The minimum absolute atomic E-state index is 0.375. The van der Waals surface area contributed by atoms with Crippen LogP contribution in [0.4, 0.5) is 5.69 Å². The summed E-state index contributed by atoms with van der Waals surface area (Å²) in [6.45, 7) is 3.54. The predicted octanol–water partition coefficient (Wildman–Crippen LogP) is 0.0668. The number of amides is 1. The van der Waals surface area contributed by atoms with Gasteiger partial charge in [0.15, 0.2) is 0 Å². The average Bonchev–Trinajstić information content (AvgIpc) is 2.39. The molecule has 1 saturated heterocycles. The Labute approximate surface area is 99.8 Å². The van der Waals surface area contributed by atoms with Crippen LogP contribution in [0.2, 0.25) is 0 Å². The maximum absolute atomic E-state index is 11.0. The Hall–Kier alpha value is -2.06. The molecule has 0 unspecified atom stereocenters. The number of carbonyl (C=O) groups excluding carboxylic acids is 1. The van der Waals surface area contributed by atoms with Crippen LogP contribution in [0, 0.1) is 11.3 Å². The normalized spacial score (nSPS) is 15.4. The molecule has 0 aromatic heterocycles. The maximum atomic E-state index is 11.0. The van der Waals surface area contributed by atoms with Crippen LogP contribution in [0.15, 0.2) is 18.2 Å². The molecule has 17 heavy (non-hydrogen) atoms. The van der Waals surface area contributed by atoms with Crippen molar-refractivity contribution in [2.45, 2.75) is 0 Å². The lowest BCUT2D eigenvalue weighted by Crippen LogP contribution is -2.43. The smallest absolute Gasteiger partial charge is 0.248 e. The summed E-state index contributed by atoms with van der Waals surface area (Å²) in [6, 6.07) is 7.14. The number of nitrogens with two attached hydrogens (primary N) is 1. The second-order valence-electron chi connectivity index (χ2n) is 3.95. The second kappa shape index (κ2) is 4.85. The Balaban J connectivity index is 2.34. The second-order valence-corrected chi connectivity index (χ2v) is 3.95. The highest BCUT2D eigenvalue weighted by molar-refractivity contribution is 5.93. The van der Waals surface area contributed by atoms with Gasteiger partial charge in [0.2, 0.25) is 5.91 Å². The molecular weight excluding hydrogens is 216 g/mol. The number of primary amides is 1. The Bertz CT molecular complexity index is 472. The molecule has 0 atom stereocenters. The summed E-state index contributed by atoms with van der Waals surface area (Å²) < 4.78 is 0. The molecule has 0 bridgehead atoms. The summed E-state index contributed by atoms with van der Waals surface area (Å²) >= 11 is 0. The summed E-state index contributed by atoms with van der Waals surface area (Å²) in [5.74, 6) is -0.506. The van der Waals surface area contributed by atoms with E-state index in [1.165, 1.54) is 0 Å². The fraction of sp³-hybridized carbons (Fsp3) is 0.333. The van der Waals surface area contributed by atoms with Crippen molar-refractivity contribution < 1.29 is 4.79 Å². The molecule has 0 aliphatic carbocycles. The molecule has 3 N–H and O–H groups in total. The largest absolute Gasteiger partial charge is 0.368 e. The van der Waals surface area contributed by atoms with Gasteiger partial charge in [0.25, 0.3) is 0 Å². The van der Waals surface area contributed by atoms with E-state index in [9.17, 15) is 4.79 Å². The van der Waals surface area contributed by atoms with Crippen molar-refractivity contribution in [1.82, 2.24) is 5.32 Å². The van der Waals surface area contributed by atoms with Gasteiger partial charge in [-0.05, 0) is 18.2 Å². The van der Waals surface area contributed by atoms with Gasteiger partial charge in [0, 0.05) is 31.7 Å². The quantitative estimate of drug-likeness (QED) is 0.753. The van der Waals surface area contributed by atoms with Crippen LogP contribution in [-0.2, 0) is 0 Å². The number of nitrogens with zero attached hydrogens (tertiary/aromatic N) is 2. The zero-order valence-electron chi connectivity index (χ0n) is 9.44. The van der Waals surface area contributed by atoms with Crippen LogP contribution in [0.3, 0.4) is 0 Å². The zero-order chi connectivity index (χ0) is 12.3. The molecule has 88 valence electrons. The lowest BCUT2D eigenvalue weighted by Gasteiger charge is -2.30. The van der Waals surface area contributed by atoms with Gasteiger partial charge in [-0.2, -0.15) is 5.26 Å². The monoisotopic (exact) mass is 230 g/mol. The molecule has 1 heterocycles. The number of piperazine rings is 1. The minimum Gasteiger partial charge on any atom is -0.368 e. The van der Waals surface area contributed by atoms with Gasteiger partial charge in [-0.1, -0.05) is 0 Å². The van der Waals surface area contributed by atoms with E-state index in [0.29, 0.717) is 11.1 Å². The Kier molecular flexibility index (Phi) is 3.26. The van der Waals surface area contributed by atoms with Crippen molar-refractivity contribution in [3.05, 3.63) is 29.3 Å². The average molecular weight is 230 g/mol. The number of hydrogen-bond acceptors (Lipinski definition) is 4. The minimum atomic E-state index is -0.506. The number of nitriles is 1. The molecule has 1 aliphatic heterocycles. The molecule has 5 nitrogen and oxygen atoms in total. The molecule has 1 fully saturated rings. The summed E-state index contributed by atoms with van der Waals surface area (Å²) in [5.41, 5.74) is 6.95. The maximum Gasteiger partial charge on any atom is 0.248 e. The number of hydrogen-bond donors (Lipinski definition) is 2. The lowest BCUT2D eigenvalue weighted by molar-refractivity contribution is 0.100. The van der Waals surface area contributed by atoms with Crippen LogP contribution in [-0.4, -0.2) is 32.1 Å². The number of carbonyl (C=O) groups is 1. The molecule has 1 aliphatic rings. The van der Waals surface area contributed by atoms with Gasteiger partial charge in [-0.15, -0.1) is 0 Å². The molecule has 0 saturated carbocycles. The third-order valence-corrected chi connectivity index (χ3v) is 2.86. The summed E-state index contributed by atoms with van der Waals surface area (Å²) in [5, 5.41) is 12.4. The van der Waals surface area contributed by atoms with E-state index in [1.807, 2.05) is 0 Å². The van der Waals surface area contributed by atoms with Gasteiger partial charge in [-0.3, -0.25) is 4.79 Å². The first kappa shape index (κ1) is 11.4. The van der Waals surface area contributed by atoms with Gasteiger partial charge in [0.05, 0.1) is 11.3 Å². The fourth-order valence-corrected chi connectivity index (χ4v) is 1.96. The molecule has 1 aromatic carbocycles. The lowest BCUT2D eigenvalue weighted by atomic mass is 10.1. The molecule has 1 amide bonds. The third-order valence-electron chi connectivity index (χ3n) is 2.86. The van der Waals surface area contributed by atoms with E-state index >= 15 is 0 Å². The predicted molar refractivity (Wildman–Crippen MR) is 64.8 cm³/mol. The van der Waals surface area contributed by atoms with E-state index in [2.05, 4.69) is 16.3 Å². The number of anilines is 1. The summed E-state index contributed by atoms with van der Waals surface area (Å²) in [7, 11) is 0. The molecular formula is C12H14N4O. The molecule has 0 radical (unpaired) electrons. The van der Waals surface area contributed by atoms with E-state index in [4.69, 9.17) is 11.0 Å². The van der Waals surface area contributed by atoms with Crippen molar-refractivity contribution in [2.24, 2.45) is 5.73 Å². The highest BCUT2D eigenvalue weighted by Gasteiger charge is 2.15. The Morgan fingerprint density at radius 3 is 2.71 bits per heavy atom. The SMILES string of the molecule is N#Cc1cc(C(N)=O)ccc1N1CCNCC1. The van der Waals surface area contributed by atoms with Gasteiger partial charge in [0.1, 0.15) is 6.07 Å². The van der Waals surface area contributed by atoms with Gasteiger partial charge >= 0.3 is 0 Å². The van der Waals surface area contributed by atoms with E-state index < -0.39 is 5.91 Å². The van der Waals surface area contributed by atoms with Crippen LogP contribution >= 0.6 is 0 Å². The van der Waals surface area contributed by atoms with Crippen molar-refractivity contribution in [1.29, 1.82) is 5.26 Å².